The third kappa shape index (κ3) is 3.02. The number of hydrogen-bond donors (Lipinski definition) is 2. The molecule has 6 nitrogen and oxygen atoms in total. The van der Waals surface area contributed by atoms with Gasteiger partial charge in [-0.25, -0.2) is 13.1 Å². The van der Waals surface area contributed by atoms with Crippen LogP contribution in [0.3, 0.4) is 0 Å². The molecule has 1 aromatic rings. The Morgan fingerprint density at radius 3 is 2.50 bits per heavy atom. The first-order valence-corrected chi connectivity index (χ1v) is 11.8. The summed E-state index contributed by atoms with van der Waals surface area (Å²) < 4.78 is 35.1. The van der Waals surface area contributed by atoms with Gasteiger partial charge in [-0.3, -0.25) is 0 Å². The van der Waals surface area contributed by atoms with E-state index in [1.165, 1.54) is 6.42 Å². The molecule has 1 aromatic carbocycles. The molecular weight excluding hydrogens is 374 g/mol. The first-order chi connectivity index (χ1) is 13.2. The van der Waals surface area contributed by atoms with E-state index in [0.717, 1.165) is 44.7 Å². The maximum absolute atomic E-state index is 13.3. The van der Waals surface area contributed by atoms with Gasteiger partial charge in [-0.1, -0.05) is 20.8 Å². The van der Waals surface area contributed by atoms with Gasteiger partial charge in [0.05, 0.1) is 17.7 Å². The number of fused-ring (bicyclic) bond motifs is 2. The van der Waals surface area contributed by atoms with Gasteiger partial charge in [0, 0.05) is 32.2 Å². The van der Waals surface area contributed by atoms with Gasteiger partial charge < -0.3 is 15.0 Å². The number of nitrogens with zero attached hydrogens (tertiary/aromatic N) is 1. The second-order valence-electron chi connectivity index (χ2n) is 9.36. The van der Waals surface area contributed by atoms with Crippen LogP contribution in [0.2, 0.25) is 0 Å². The fourth-order valence-electron chi connectivity index (χ4n) is 5.63. The normalized spacial score (nSPS) is 31.9. The molecule has 0 aromatic heterocycles. The Kier molecular flexibility index (Phi) is 4.91. The number of rotatable bonds is 5. The van der Waals surface area contributed by atoms with Crippen LogP contribution >= 0.6 is 0 Å². The lowest BCUT2D eigenvalue weighted by atomic mass is 9.69. The minimum atomic E-state index is -3.59. The third-order valence-electron chi connectivity index (χ3n) is 8.01. The van der Waals surface area contributed by atoms with Gasteiger partial charge >= 0.3 is 0 Å². The molecule has 0 amide bonds. The van der Waals surface area contributed by atoms with Gasteiger partial charge in [0.25, 0.3) is 0 Å². The maximum atomic E-state index is 13.3. The molecule has 4 rings (SSSR count). The molecule has 1 aliphatic heterocycles. The van der Waals surface area contributed by atoms with Crippen molar-refractivity contribution in [3.05, 3.63) is 18.2 Å². The smallest absolute Gasteiger partial charge is 0.240 e. The summed E-state index contributed by atoms with van der Waals surface area (Å²) in [5.74, 6) is 1.31. The van der Waals surface area contributed by atoms with E-state index in [1.54, 1.807) is 25.3 Å². The highest BCUT2D eigenvalue weighted by Gasteiger charge is 2.61. The van der Waals surface area contributed by atoms with E-state index >= 15 is 0 Å². The Morgan fingerprint density at radius 2 is 1.93 bits per heavy atom. The number of sulfonamides is 1. The van der Waals surface area contributed by atoms with Crippen LogP contribution in [0.4, 0.5) is 5.69 Å². The van der Waals surface area contributed by atoms with Crippen LogP contribution in [0.5, 0.6) is 5.75 Å². The molecule has 156 valence electrons. The van der Waals surface area contributed by atoms with E-state index in [0.29, 0.717) is 16.6 Å². The number of benzene rings is 1. The molecular formula is C21H33N3O3S. The lowest BCUT2D eigenvalue weighted by Gasteiger charge is -2.39. The Bertz CT molecular complexity index is 848. The molecule has 2 aliphatic carbocycles. The first kappa shape index (κ1) is 20.0. The first-order valence-electron chi connectivity index (χ1n) is 10.3. The SMILES string of the molecule is COc1ccc(S(=O)(=O)NC2CC3CC[C@]2(C)C3(C)C)cc1N1CCNCC1. The number of nitrogens with one attached hydrogen (secondary N) is 2. The van der Waals surface area contributed by atoms with Crippen LogP contribution in [-0.2, 0) is 10.0 Å². The molecule has 2 N–H and O–H groups in total. The highest BCUT2D eigenvalue weighted by Crippen LogP contribution is 2.65. The van der Waals surface area contributed by atoms with Crippen molar-refractivity contribution in [2.75, 3.05) is 38.2 Å². The van der Waals surface area contributed by atoms with E-state index in [-0.39, 0.29) is 16.9 Å². The van der Waals surface area contributed by atoms with Crippen molar-refractivity contribution < 1.29 is 13.2 Å². The molecule has 2 saturated carbocycles. The molecule has 28 heavy (non-hydrogen) atoms. The highest BCUT2D eigenvalue weighted by molar-refractivity contribution is 7.89. The quantitative estimate of drug-likeness (QED) is 0.785. The molecule has 2 bridgehead atoms. The fourth-order valence-corrected chi connectivity index (χ4v) is 7.01. The van der Waals surface area contributed by atoms with E-state index in [4.69, 9.17) is 4.74 Å². The molecule has 7 heteroatoms. The van der Waals surface area contributed by atoms with E-state index < -0.39 is 10.0 Å². The average molecular weight is 408 g/mol. The monoisotopic (exact) mass is 407 g/mol. The largest absolute Gasteiger partial charge is 0.495 e. The minimum Gasteiger partial charge on any atom is -0.495 e. The molecule has 0 spiro atoms. The molecule has 2 unspecified atom stereocenters. The van der Waals surface area contributed by atoms with Crippen molar-refractivity contribution in [2.24, 2.45) is 16.7 Å². The van der Waals surface area contributed by atoms with Crippen molar-refractivity contribution >= 4 is 15.7 Å². The lowest BCUT2D eigenvalue weighted by Crippen LogP contribution is -2.46. The zero-order valence-corrected chi connectivity index (χ0v) is 18.2. The van der Waals surface area contributed by atoms with Gasteiger partial charge in [0.2, 0.25) is 10.0 Å². The second kappa shape index (κ2) is 6.89. The predicted molar refractivity (Wildman–Crippen MR) is 111 cm³/mol. The van der Waals surface area contributed by atoms with Crippen LogP contribution in [0, 0.1) is 16.7 Å². The van der Waals surface area contributed by atoms with Crippen molar-refractivity contribution in [1.29, 1.82) is 0 Å². The van der Waals surface area contributed by atoms with Crippen molar-refractivity contribution in [1.82, 2.24) is 10.0 Å². The van der Waals surface area contributed by atoms with E-state index in [1.807, 2.05) is 0 Å². The second-order valence-corrected chi connectivity index (χ2v) is 11.1. The Hall–Kier alpha value is -1.31. The van der Waals surface area contributed by atoms with Crippen molar-refractivity contribution in [3.63, 3.8) is 0 Å². The summed E-state index contributed by atoms with van der Waals surface area (Å²) in [6, 6.07) is 5.20. The fraction of sp³-hybridized carbons (Fsp3) is 0.714. The van der Waals surface area contributed by atoms with E-state index in [9.17, 15) is 8.42 Å². The summed E-state index contributed by atoms with van der Waals surface area (Å²) in [6.45, 7) is 10.3. The molecule has 1 saturated heterocycles. The molecule has 1 heterocycles. The zero-order chi connectivity index (χ0) is 20.2. The van der Waals surface area contributed by atoms with Gasteiger partial charge in [-0.15, -0.1) is 0 Å². The predicted octanol–water partition coefficient (Wildman–Crippen LogP) is 2.60. The lowest BCUT2D eigenvalue weighted by molar-refractivity contribution is 0.130. The number of ether oxygens (including phenoxy) is 1. The van der Waals surface area contributed by atoms with Crippen molar-refractivity contribution in [2.45, 2.75) is 51.0 Å². The molecule has 3 atom stereocenters. The topological polar surface area (TPSA) is 70.7 Å². The standard InChI is InChI=1S/C21H33N3O3S/c1-20(2)15-7-8-21(20,3)19(13-15)23-28(25,26)16-5-6-18(27-4)17(14-16)24-11-9-22-10-12-24/h5-6,14-15,19,22-23H,7-13H2,1-4H3/t15?,19?,21-/m0/s1. The summed E-state index contributed by atoms with van der Waals surface area (Å²) in [6.07, 6.45) is 3.23. The van der Waals surface area contributed by atoms with Gasteiger partial charge in [0.1, 0.15) is 5.75 Å². The Balaban J connectivity index is 1.61. The summed E-state index contributed by atoms with van der Waals surface area (Å²) in [5.41, 5.74) is 1.04. The van der Waals surface area contributed by atoms with E-state index in [2.05, 4.69) is 35.7 Å². The summed E-state index contributed by atoms with van der Waals surface area (Å²) >= 11 is 0. The van der Waals surface area contributed by atoms with Crippen LogP contribution in [0.15, 0.2) is 23.1 Å². The average Bonchev–Trinajstić information content (AvgIpc) is 3.01. The Labute approximate surface area is 169 Å². The Morgan fingerprint density at radius 1 is 1.21 bits per heavy atom. The van der Waals surface area contributed by atoms with Gasteiger partial charge in [-0.2, -0.15) is 0 Å². The van der Waals surface area contributed by atoms with Gasteiger partial charge in [0.15, 0.2) is 0 Å². The van der Waals surface area contributed by atoms with Crippen LogP contribution in [0.1, 0.15) is 40.0 Å². The number of piperazine rings is 1. The van der Waals surface area contributed by atoms with Crippen LogP contribution in [0.25, 0.3) is 0 Å². The van der Waals surface area contributed by atoms with Crippen molar-refractivity contribution in [3.8, 4) is 5.75 Å². The maximum Gasteiger partial charge on any atom is 0.240 e. The summed E-state index contributed by atoms with van der Waals surface area (Å²) in [4.78, 5) is 2.52. The van der Waals surface area contributed by atoms with Crippen LogP contribution < -0.4 is 19.7 Å². The molecule has 3 aliphatic rings. The number of anilines is 1. The number of hydrogen-bond acceptors (Lipinski definition) is 5. The van der Waals surface area contributed by atoms with Gasteiger partial charge in [-0.05, 0) is 54.2 Å². The third-order valence-corrected chi connectivity index (χ3v) is 9.48. The highest BCUT2D eigenvalue weighted by atomic mass is 32.2. The zero-order valence-electron chi connectivity index (χ0n) is 17.4. The molecule has 3 fully saturated rings. The molecule has 0 radical (unpaired) electrons. The summed E-state index contributed by atoms with van der Waals surface area (Å²) in [7, 11) is -1.96. The minimum absolute atomic E-state index is 0.00371. The summed E-state index contributed by atoms with van der Waals surface area (Å²) in [5, 5.41) is 3.33. The van der Waals surface area contributed by atoms with Crippen LogP contribution in [-0.4, -0.2) is 47.7 Å². The number of methoxy groups -OCH3 is 1.